The molecule has 1 aliphatic rings. The highest BCUT2D eigenvalue weighted by Crippen LogP contribution is 2.37. The molecule has 1 aliphatic carbocycles. The Labute approximate surface area is 219 Å². The molecule has 1 unspecified atom stereocenters. The van der Waals surface area contributed by atoms with Crippen molar-refractivity contribution < 1.29 is 27.4 Å². The van der Waals surface area contributed by atoms with Crippen LogP contribution in [0.25, 0.3) is 11.3 Å². The molecule has 10 nitrogen and oxygen atoms in total. The van der Waals surface area contributed by atoms with Crippen molar-refractivity contribution in [1.82, 2.24) is 25.1 Å². The van der Waals surface area contributed by atoms with Gasteiger partial charge in [0.25, 0.3) is 5.56 Å². The highest BCUT2D eigenvalue weighted by atomic mass is 32.1. The molecule has 3 aromatic heterocycles. The van der Waals surface area contributed by atoms with Crippen LogP contribution in [0.3, 0.4) is 0 Å². The number of nitrogens with zero attached hydrogens (tertiary/aromatic N) is 4. The van der Waals surface area contributed by atoms with Crippen molar-refractivity contribution in [3.05, 3.63) is 51.0 Å². The quantitative estimate of drug-likeness (QED) is 0.326. The van der Waals surface area contributed by atoms with Crippen molar-refractivity contribution in [3.63, 3.8) is 0 Å². The molecule has 0 bridgehead atoms. The maximum atomic E-state index is 13.5. The van der Waals surface area contributed by atoms with E-state index < -0.39 is 29.6 Å². The van der Waals surface area contributed by atoms with Crippen molar-refractivity contribution in [3.8, 4) is 28.8 Å². The molecule has 0 aromatic carbocycles. The van der Waals surface area contributed by atoms with Gasteiger partial charge in [-0.25, -0.2) is 4.98 Å². The minimum absolute atomic E-state index is 0.0211. The molecule has 4 rings (SSSR count). The predicted octanol–water partition coefficient (Wildman–Crippen LogP) is 3.05. The molecule has 2 N–H and O–H groups in total. The lowest BCUT2D eigenvalue weighted by Crippen LogP contribution is -2.31. The summed E-state index contributed by atoms with van der Waals surface area (Å²) >= 11 is 1.16. The van der Waals surface area contributed by atoms with E-state index in [-0.39, 0.29) is 29.1 Å². The fourth-order valence-corrected chi connectivity index (χ4v) is 4.04. The summed E-state index contributed by atoms with van der Waals surface area (Å²) in [6.45, 7) is -0.367. The zero-order valence-electron chi connectivity index (χ0n) is 20.5. The second-order valence-corrected chi connectivity index (χ2v) is 9.22. The standard InChI is InChI=1S/C24H23F3N6O4S/c1-28-18(34)12-33-11-15(21-16(36-2)7-8-17(29-21)24(25,26)27)14(10-20(33)35)22(37-3)30-23-32-31-19(38-23)9-6-13-4-5-13/h7-8,10-11,13,22H,4-5,12H2,1-3H3,(H,28,34)(H,30,32). The number of nitrogens with one attached hydrogen (secondary N) is 2. The van der Waals surface area contributed by atoms with Crippen LogP contribution in [0.1, 0.15) is 35.3 Å². The van der Waals surface area contributed by atoms with Crippen LogP contribution in [-0.4, -0.2) is 46.9 Å². The lowest BCUT2D eigenvalue weighted by Gasteiger charge is -2.22. The van der Waals surface area contributed by atoms with Crippen LogP contribution in [0.15, 0.2) is 29.2 Å². The van der Waals surface area contributed by atoms with Gasteiger partial charge in [0, 0.05) is 43.5 Å². The van der Waals surface area contributed by atoms with E-state index in [2.05, 4.69) is 37.7 Å². The molecule has 1 saturated carbocycles. The number of carbonyl (C=O) groups is 1. The number of amides is 1. The molecule has 1 amide bonds. The maximum Gasteiger partial charge on any atom is 0.433 e. The molecule has 200 valence electrons. The third-order valence-electron chi connectivity index (χ3n) is 5.53. The Kier molecular flexibility index (Phi) is 7.98. The maximum absolute atomic E-state index is 13.5. The largest absolute Gasteiger partial charge is 0.494 e. The van der Waals surface area contributed by atoms with Crippen LogP contribution in [0, 0.1) is 17.8 Å². The van der Waals surface area contributed by atoms with Crippen molar-refractivity contribution >= 4 is 22.4 Å². The van der Waals surface area contributed by atoms with E-state index in [0.29, 0.717) is 16.1 Å². The Balaban J connectivity index is 1.81. The van der Waals surface area contributed by atoms with Crippen LogP contribution in [0.2, 0.25) is 0 Å². The van der Waals surface area contributed by atoms with Gasteiger partial charge in [0.15, 0.2) is 11.2 Å². The van der Waals surface area contributed by atoms with Crippen molar-refractivity contribution in [1.29, 1.82) is 0 Å². The van der Waals surface area contributed by atoms with Crippen LogP contribution in [0.5, 0.6) is 5.75 Å². The molecule has 3 heterocycles. The van der Waals surface area contributed by atoms with E-state index in [4.69, 9.17) is 9.47 Å². The highest BCUT2D eigenvalue weighted by Gasteiger charge is 2.34. The fraction of sp³-hybridized carbons (Fsp3) is 0.375. The molecule has 38 heavy (non-hydrogen) atoms. The highest BCUT2D eigenvalue weighted by molar-refractivity contribution is 7.15. The fourth-order valence-electron chi connectivity index (χ4n) is 3.42. The number of pyridine rings is 2. The molecule has 0 saturated heterocycles. The molecule has 0 spiro atoms. The number of carbonyl (C=O) groups excluding carboxylic acids is 1. The summed E-state index contributed by atoms with van der Waals surface area (Å²) < 4.78 is 52.5. The molecular weight excluding hydrogens is 525 g/mol. The van der Waals surface area contributed by atoms with E-state index in [0.717, 1.165) is 46.9 Å². The molecule has 14 heteroatoms. The number of ether oxygens (including phenoxy) is 2. The second kappa shape index (κ2) is 11.2. The number of halogens is 3. The van der Waals surface area contributed by atoms with Gasteiger partial charge in [0.2, 0.25) is 11.0 Å². The van der Waals surface area contributed by atoms with Crippen LogP contribution in [-0.2, 0) is 22.3 Å². The number of aromatic nitrogens is 4. The lowest BCUT2D eigenvalue weighted by molar-refractivity contribution is -0.141. The summed E-state index contributed by atoms with van der Waals surface area (Å²) in [5, 5.41) is 14.3. The molecule has 1 atom stereocenters. The summed E-state index contributed by atoms with van der Waals surface area (Å²) in [7, 11) is 4.03. The minimum atomic E-state index is -4.74. The van der Waals surface area contributed by atoms with Gasteiger partial charge in [0.1, 0.15) is 23.7 Å². The number of anilines is 1. The van der Waals surface area contributed by atoms with E-state index in [1.54, 1.807) is 0 Å². The third kappa shape index (κ3) is 6.29. The Morgan fingerprint density at radius 2 is 2.05 bits per heavy atom. The van der Waals surface area contributed by atoms with Gasteiger partial charge in [-0.05, 0) is 30.9 Å². The predicted molar refractivity (Wildman–Crippen MR) is 132 cm³/mol. The summed E-state index contributed by atoms with van der Waals surface area (Å²) in [6, 6.07) is 3.09. The van der Waals surface area contributed by atoms with Gasteiger partial charge in [-0.1, -0.05) is 17.3 Å². The Morgan fingerprint density at radius 1 is 1.29 bits per heavy atom. The van der Waals surface area contributed by atoms with Crippen molar-refractivity contribution in [2.24, 2.45) is 5.92 Å². The smallest absolute Gasteiger partial charge is 0.433 e. The van der Waals surface area contributed by atoms with Gasteiger partial charge in [-0.2, -0.15) is 13.2 Å². The van der Waals surface area contributed by atoms with E-state index >= 15 is 0 Å². The zero-order valence-corrected chi connectivity index (χ0v) is 21.4. The molecule has 3 aromatic rings. The number of rotatable bonds is 8. The zero-order chi connectivity index (χ0) is 27.4. The Bertz CT molecular complexity index is 1460. The normalized spacial score (nSPS) is 13.8. The third-order valence-corrected chi connectivity index (χ3v) is 6.30. The summed E-state index contributed by atoms with van der Waals surface area (Å²) in [5.41, 5.74) is -1.71. The summed E-state index contributed by atoms with van der Waals surface area (Å²) in [4.78, 5) is 28.7. The Hall–Kier alpha value is -3.96. The van der Waals surface area contributed by atoms with Gasteiger partial charge in [-0.3, -0.25) is 9.59 Å². The second-order valence-electron chi connectivity index (χ2n) is 8.24. The van der Waals surface area contributed by atoms with Gasteiger partial charge in [0.05, 0.1) is 7.11 Å². The molecule has 1 fully saturated rings. The number of likely N-dealkylation sites (N-methyl/N-ethyl adjacent to an activating group) is 1. The number of hydrogen-bond acceptors (Lipinski definition) is 9. The monoisotopic (exact) mass is 548 g/mol. The summed E-state index contributed by atoms with van der Waals surface area (Å²) in [6.07, 6.45) is -2.42. The van der Waals surface area contributed by atoms with E-state index in [1.165, 1.54) is 27.5 Å². The van der Waals surface area contributed by atoms with Crippen LogP contribution >= 0.6 is 11.3 Å². The first-order valence-electron chi connectivity index (χ1n) is 11.3. The SMILES string of the molecule is CNC(=O)Cn1cc(-c2nc(C(F)(F)F)ccc2OC)c(C(Nc2nnc(C#CC3CC3)s2)OC)cc1=O. The Morgan fingerprint density at radius 3 is 2.68 bits per heavy atom. The topological polar surface area (TPSA) is 120 Å². The summed E-state index contributed by atoms with van der Waals surface area (Å²) in [5.74, 6) is 5.96. The molecule has 0 aliphatic heterocycles. The van der Waals surface area contributed by atoms with Crippen LogP contribution < -0.4 is 20.9 Å². The first kappa shape index (κ1) is 27.1. The van der Waals surface area contributed by atoms with Crippen molar-refractivity contribution in [2.75, 3.05) is 26.6 Å². The first-order chi connectivity index (χ1) is 18.1. The average Bonchev–Trinajstić information content (AvgIpc) is 3.62. The van der Waals surface area contributed by atoms with Gasteiger partial charge >= 0.3 is 6.18 Å². The van der Waals surface area contributed by atoms with Gasteiger partial charge in [-0.15, -0.1) is 10.2 Å². The lowest BCUT2D eigenvalue weighted by atomic mass is 10.0. The molecule has 0 radical (unpaired) electrons. The van der Waals surface area contributed by atoms with Crippen LogP contribution in [0.4, 0.5) is 18.3 Å². The number of alkyl halides is 3. The van der Waals surface area contributed by atoms with E-state index in [9.17, 15) is 22.8 Å². The molecular formula is C24H23F3N6O4S. The minimum Gasteiger partial charge on any atom is -0.494 e. The number of methoxy groups -OCH3 is 2. The van der Waals surface area contributed by atoms with E-state index in [1.807, 2.05) is 0 Å². The first-order valence-corrected chi connectivity index (χ1v) is 12.2. The average molecular weight is 549 g/mol. The number of hydrogen-bond donors (Lipinski definition) is 2. The van der Waals surface area contributed by atoms with Gasteiger partial charge < -0.3 is 24.7 Å². The van der Waals surface area contributed by atoms with Crippen molar-refractivity contribution in [2.45, 2.75) is 31.8 Å².